The van der Waals surface area contributed by atoms with Gasteiger partial charge in [-0.15, -0.1) is 0 Å². The lowest BCUT2D eigenvalue weighted by molar-refractivity contribution is -0.103. The molecule has 1 aromatic heterocycles. The van der Waals surface area contributed by atoms with E-state index in [1.807, 2.05) is 24.3 Å². The van der Waals surface area contributed by atoms with Crippen LogP contribution in [0.4, 0.5) is 8.78 Å². The fraction of sp³-hybridized carbons (Fsp3) is 0.250. The molecule has 0 unspecified atom stereocenters. The van der Waals surface area contributed by atoms with Crippen LogP contribution in [0.2, 0.25) is 0 Å². The minimum atomic E-state index is -1.07. The summed E-state index contributed by atoms with van der Waals surface area (Å²) in [6.07, 6.45) is 6.13. The molecule has 2 aromatic carbocycles. The van der Waals surface area contributed by atoms with Crippen molar-refractivity contribution in [2.24, 2.45) is 0 Å². The number of nitrogens with one attached hydrogen (secondary N) is 1. The van der Waals surface area contributed by atoms with Crippen molar-refractivity contribution in [2.75, 3.05) is 6.54 Å². The molecule has 5 rings (SSSR count). The number of aldehydes is 1. The molecular weight excluding hydrogens is 386 g/mol. The summed E-state index contributed by atoms with van der Waals surface area (Å²) in [5.74, 6) is -2.52. The Morgan fingerprint density at radius 3 is 2.57 bits per heavy atom. The maximum absolute atomic E-state index is 13.7. The molecule has 1 amide bonds. The first-order chi connectivity index (χ1) is 14.5. The third kappa shape index (κ3) is 2.78. The number of amides is 1. The zero-order chi connectivity index (χ0) is 20.9. The number of carbonyl (C=O) groups is 2. The number of carbonyl (C=O) groups excluding carboxylic acids is 2. The normalized spacial score (nSPS) is 17.7. The van der Waals surface area contributed by atoms with E-state index < -0.39 is 17.5 Å². The van der Waals surface area contributed by atoms with E-state index in [0.717, 1.165) is 66.3 Å². The van der Waals surface area contributed by atoms with Gasteiger partial charge in [-0.1, -0.05) is 31.0 Å². The van der Waals surface area contributed by atoms with Gasteiger partial charge in [-0.2, -0.15) is 0 Å². The van der Waals surface area contributed by atoms with E-state index in [1.54, 1.807) is 0 Å². The minimum Gasteiger partial charge on any atom is -0.354 e. The first kappa shape index (κ1) is 18.7. The van der Waals surface area contributed by atoms with Gasteiger partial charge < -0.3 is 9.88 Å². The Labute approximate surface area is 172 Å². The highest BCUT2D eigenvalue weighted by molar-refractivity contribution is 6.11. The highest BCUT2D eigenvalue weighted by atomic mass is 19.2. The number of benzene rings is 2. The molecule has 30 heavy (non-hydrogen) atoms. The summed E-state index contributed by atoms with van der Waals surface area (Å²) in [4.78, 5) is 30.1. The smallest absolute Gasteiger partial charge is 0.257 e. The van der Waals surface area contributed by atoms with Gasteiger partial charge in [0.15, 0.2) is 17.9 Å². The Hall–Kier alpha value is -3.28. The molecule has 0 bridgehead atoms. The van der Waals surface area contributed by atoms with Crippen LogP contribution in [0.1, 0.15) is 47.3 Å². The van der Waals surface area contributed by atoms with Crippen LogP contribution in [0.3, 0.4) is 0 Å². The van der Waals surface area contributed by atoms with Gasteiger partial charge in [0, 0.05) is 34.6 Å². The van der Waals surface area contributed by atoms with E-state index in [0.29, 0.717) is 12.1 Å². The minimum absolute atomic E-state index is 0.0546. The third-order valence-corrected chi connectivity index (χ3v) is 6.41. The van der Waals surface area contributed by atoms with Crippen molar-refractivity contribution in [3.8, 4) is 0 Å². The van der Waals surface area contributed by atoms with Crippen molar-refractivity contribution in [3.05, 3.63) is 77.1 Å². The number of nitrogens with zero attached hydrogens (tertiary/aromatic N) is 1. The molecule has 1 spiro atoms. The van der Waals surface area contributed by atoms with Gasteiger partial charge in [-0.3, -0.25) is 9.59 Å². The summed E-state index contributed by atoms with van der Waals surface area (Å²) < 4.78 is 27.1. The molecule has 0 saturated heterocycles. The van der Waals surface area contributed by atoms with E-state index in [2.05, 4.69) is 4.98 Å². The van der Waals surface area contributed by atoms with Gasteiger partial charge in [0.05, 0.1) is 11.3 Å². The Morgan fingerprint density at radius 1 is 1.07 bits per heavy atom. The molecule has 1 N–H and O–H groups in total. The Morgan fingerprint density at radius 2 is 1.83 bits per heavy atom. The fourth-order valence-corrected chi connectivity index (χ4v) is 5.07. The second-order valence-corrected chi connectivity index (χ2v) is 8.17. The summed E-state index contributed by atoms with van der Waals surface area (Å²) in [7, 11) is 0. The molecule has 1 fully saturated rings. The first-order valence-electron chi connectivity index (χ1n) is 10.1. The molecule has 6 heteroatoms. The predicted octanol–water partition coefficient (Wildman–Crippen LogP) is 4.95. The Bertz CT molecular complexity index is 1210. The van der Waals surface area contributed by atoms with Crippen molar-refractivity contribution in [3.63, 3.8) is 0 Å². The maximum atomic E-state index is 13.7. The van der Waals surface area contributed by atoms with E-state index in [1.165, 1.54) is 17.2 Å². The van der Waals surface area contributed by atoms with Crippen LogP contribution in [0.25, 0.3) is 16.5 Å². The van der Waals surface area contributed by atoms with E-state index in [9.17, 15) is 18.4 Å². The summed E-state index contributed by atoms with van der Waals surface area (Å²) in [6.45, 7) is 0.386. The van der Waals surface area contributed by atoms with Crippen molar-refractivity contribution in [1.29, 1.82) is 0 Å². The number of halogens is 2. The topological polar surface area (TPSA) is 53.2 Å². The van der Waals surface area contributed by atoms with Crippen molar-refractivity contribution < 1.29 is 18.4 Å². The van der Waals surface area contributed by atoms with Crippen LogP contribution in [-0.4, -0.2) is 28.6 Å². The lowest BCUT2D eigenvalue weighted by atomic mass is 9.76. The zero-order valence-corrected chi connectivity index (χ0v) is 16.3. The zero-order valence-electron chi connectivity index (χ0n) is 16.3. The quantitative estimate of drug-likeness (QED) is 0.612. The molecule has 4 nitrogen and oxygen atoms in total. The molecule has 0 radical (unpaired) electrons. The number of H-pyrrole nitrogens is 1. The summed E-state index contributed by atoms with van der Waals surface area (Å²) in [5.41, 5.74) is 2.91. The summed E-state index contributed by atoms with van der Waals surface area (Å²) in [5, 5.41) is 1.06. The second-order valence-electron chi connectivity index (χ2n) is 8.17. The fourth-order valence-electron chi connectivity index (χ4n) is 5.07. The van der Waals surface area contributed by atoms with Crippen LogP contribution in [0.15, 0.2) is 48.7 Å². The standard InChI is InChI=1S/C24H20F2N2O2/c25-18-8-7-15(11-19(18)26)23(30)28-12-16(13-29)22-21(24(14-28)9-3-4-10-24)17-5-1-2-6-20(17)27-22/h1-2,5-8,11-13,27H,3-4,9-10,14H2. The number of hydrogen-bond donors (Lipinski definition) is 1. The number of para-hydroxylation sites is 1. The molecule has 1 aliphatic heterocycles. The van der Waals surface area contributed by atoms with Gasteiger partial charge in [0.25, 0.3) is 5.91 Å². The average molecular weight is 406 g/mol. The predicted molar refractivity (Wildman–Crippen MR) is 110 cm³/mol. The molecule has 1 saturated carbocycles. The van der Waals surface area contributed by atoms with Gasteiger partial charge >= 0.3 is 0 Å². The summed E-state index contributed by atoms with van der Waals surface area (Å²) in [6, 6.07) is 11.1. The Balaban J connectivity index is 1.68. The van der Waals surface area contributed by atoms with Crippen LogP contribution in [-0.2, 0) is 10.2 Å². The Kier molecular flexibility index (Phi) is 4.31. The van der Waals surface area contributed by atoms with Crippen molar-refractivity contribution >= 4 is 28.7 Å². The molecule has 0 atom stereocenters. The number of fused-ring (bicyclic) bond motifs is 4. The number of rotatable bonds is 2. The number of aromatic nitrogens is 1. The van der Waals surface area contributed by atoms with E-state index >= 15 is 0 Å². The van der Waals surface area contributed by atoms with Gasteiger partial charge in [-0.05, 0) is 42.7 Å². The van der Waals surface area contributed by atoms with Gasteiger partial charge in [0.1, 0.15) is 0 Å². The molecule has 1 aliphatic carbocycles. The van der Waals surface area contributed by atoms with Crippen LogP contribution in [0, 0.1) is 11.6 Å². The SMILES string of the molecule is O=CC1=CN(C(=O)c2ccc(F)c(F)c2)CC2(CCCC2)c2c1[nH]c1ccccc21. The number of allylic oxidation sites excluding steroid dienone is 1. The molecule has 2 aliphatic rings. The average Bonchev–Trinajstić information content (AvgIpc) is 3.34. The highest BCUT2D eigenvalue weighted by Gasteiger charge is 2.43. The van der Waals surface area contributed by atoms with E-state index in [-0.39, 0.29) is 11.0 Å². The first-order valence-corrected chi connectivity index (χ1v) is 10.1. The molecular formula is C24H20F2N2O2. The van der Waals surface area contributed by atoms with Crippen LogP contribution in [0.5, 0.6) is 0 Å². The summed E-state index contributed by atoms with van der Waals surface area (Å²) >= 11 is 0. The van der Waals surface area contributed by atoms with Crippen LogP contribution < -0.4 is 0 Å². The molecule has 152 valence electrons. The monoisotopic (exact) mass is 406 g/mol. The van der Waals surface area contributed by atoms with Gasteiger partial charge in [0.2, 0.25) is 0 Å². The second kappa shape index (κ2) is 6.90. The highest BCUT2D eigenvalue weighted by Crippen LogP contribution is 2.48. The molecule has 3 aromatic rings. The largest absolute Gasteiger partial charge is 0.354 e. The van der Waals surface area contributed by atoms with Crippen LogP contribution >= 0.6 is 0 Å². The van der Waals surface area contributed by atoms with E-state index in [4.69, 9.17) is 0 Å². The maximum Gasteiger partial charge on any atom is 0.257 e. The van der Waals surface area contributed by atoms with Gasteiger partial charge in [-0.25, -0.2) is 8.78 Å². The number of aromatic amines is 1. The lowest BCUT2D eigenvalue weighted by Gasteiger charge is -2.33. The van der Waals surface area contributed by atoms with Crippen molar-refractivity contribution in [1.82, 2.24) is 9.88 Å². The number of hydrogen-bond acceptors (Lipinski definition) is 2. The molecule has 2 heterocycles. The van der Waals surface area contributed by atoms with Crippen molar-refractivity contribution in [2.45, 2.75) is 31.1 Å². The third-order valence-electron chi connectivity index (χ3n) is 6.41. The lowest BCUT2D eigenvalue weighted by Crippen LogP contribution is -2.39.